The van der Waals surface area contributed by atoms with Crippen molar-refractivity contribution in [3.8, 4) is 0 Å². The average molecular weight is 225 g/mol. The van der Waals surface area contributed by atoms with Gasteiger partial charge in [-0.1, -0.05) is 30.4 Å². The number of hydrogen-bond donors (Lipinski definition) is 0. The summed E-state index contributed by atoms with van der Waals surface area (Å²) in [7, 11) is 0. The van der Waals surface area contributed by atoms with Crippen LogP contribution in [0.3, 0.4) is 0 Å². The molecule has 0 spiro atoms. The van der Waals surface area contributed by atoms with E-state index in [0.29, 0.717) is 0 Å². The van der Waals surface area contributed by atoms with E-state index in [1.165, 1.54) is 11.1 Å². The van der Waals surface area contributed by atoms with Gasteiger partial charge in [0.05, 0.1) is 0 Å². The third-order valence-electron chi connectivity index (χ3n) is 3.54. The summed E-state index contributed by atoms with van der Waals surface area (Å²) in [4.78, 5) is 11.9. The average Bonchev–Trinajstić information content (AvgIpc) is 2.62. The minimum absolute atomic E-state index is 0.157. The lowest BCUT2D eigenvalue weighted by molar-refractivity contribution is 0.101. The van der Waals surface area contributed by atoms with Crippen LogP contribution in [0, 0.1) is 0 Å². The Hall–Kier alpha value is -1.83. The van der Waals surface area contributed by atoms with Gasteiger partial charge in [-0.15, -0.1) is 0 Å². The Balaban J connectivity index is 2.40. The van der Waals surface area contributed by atoms with Crippen molar-refractivity contribution < 1.29 is 4.79 Å². The van der Waals surface area contributed by atoms with Gasteiger partial charge in [0, 0.05) is 35.1 Å². The topological polar surface area (TPSA) is 22.0 Å². The van der Waals surface area contributed by atoms with Crippen molar-refractivity contribution in [3.05, 3.63) is 47.7 Å². The first-order valence-electron chi connectivity index (χ1n) is 5.96. The van der Waals surface area contributed by atoms with E-state index in [-0.39, 0.29) is 5.78 Å². The summed E-state index contributed by atoms with van der Waals surface area (Å²) < 4.78 is 2.28. The largest absolute Gasteiger partial charge is 0.343 e. The van der Waals surface area contributed by atoms with Crippen LogP contribution in [0.25, 0.3) is 10.9 Å². The van der Waals surface area contributed by atoms with Crippen molar-refractivity contribution >= 4 is 16.7 Å². The first-order valence-corrected chi connectivity index (χ1v) is 5.96. The number of carbonyl (C=O) groups is 1. The fourth-order valence-electron chi connectivity index (χ4n) is 2.78. The van der Waals surface area contributed by atoms with Gasteiger partial charge in [0.25, 0.3) is 0 Å². The zero-order valence-corrected chi connectivity index (χ0v) is 9.99. The number of fused-ring (bicyclic) bond motifs is 3. The molecule has 0 fully saturated rings. The molecule has 0 amide bonds. The predicted octanol–water partition coefficient (Wildman–Crippen LogP) is 3.35. The second-order valence-electron chi connectivity index (χ2n) is 4.72. The fourth-order valence-corrected chi connectivity index (χ4v) is 2.78. The number of nitrogens with zero attached hydrogens (tertiary/aromatic N) is 1. The third kappa shape index (κ3) is 1.44. The van der Waals surface area contributed by atoms with Crippen molar-refractivity contribution in [1.29, 1.82) is 0 Å². The quantitative estimate of drug-likeness (QED) is 0.539. The summed E-state index contributed by atoms with van der Waals surface area (Å²) in [5, 5.41) is 1.09. The standard InChI is InChI=1S/C15H15NO/c1-10-7-8-16-13-6-4-3-5-12(13)15(11(2)17)14(16)9-10/h3-6H,1,7-9H2,2H3. The van der Waals surface area contributed by atoms with Gasteiger partial charge in [0.15, 0.2) is 5.78 Å². The van der Waals surface area contributed by atoms with Crippen molar-refractivity contribution in [3.63, 3.8) is 0 Å². The number of para-hydroxylation sites is 1. The molecule has 0 N–H and O–H groups in total. The monoisotopic (exact) mass is 225 g/mol. The SMILES string of the molecule is C=C1CCn2c(c(C(C)=O)c3ccccc32)C1. The molecule has 86 valence electrons. The number of rotatable bonds is 1. The molecular weight excluding hydrogens is 210 g/mol. The summed E-state index contributed by atoms with van der Waals surface area (Å²) in [6.45, 7) is 6.66. The number of benzene rings is 1. The number of Topliss-reactive ketones (excluding diaryl/α,β-unsaturated/α-hetero) is 1. The molecule has 0 atom stereocenters. The van der Waals surface area contributed by atoms with Gasteiger partial charge in [0.1, 0.15) is 0 Å². The summed E-state index contributed by atoms with van der Waals surface area (Å²) in [5.74, 6) is 0.157. The van der Waals surface area contributed by atoms with Crippen molar-refractivity contribution in [2.24, 2.45) is 0 Å². The lowest BCUT2D eigenvalue weighted by Crippen LogP contribution is -2.13. The van der Waals surface area contributed by atoms with Crippen LogP contribution in [-0.2, 0) is 13.0 Å². The Labute approximate surface area is 101 Å². The van der Waals surface area contributed by atoms with E-state index in [1.54, 1.807) is 6.92 Å². The summed E-state index contributed by atoms with van der Waals surface area (Å²) in [6, 6.07) is 8.16. The molecule has 1 aliphatic heterocycles. The van der Waals surface area contributed by atoms with Gasteiger partial charge < -0.3 is 4.57 Å². The molecule has 2 heteroatoms. The van der Waals surface area contributed by atoms with E-state index in [9.17, 15) is 4.79 Å². The predicted molar refractivity (Wildman–Crippen MR) is 69.4 cm³/mol. The van der Waals surface area contributed by atoms with Crippen LogP contribution in [0.2, 0.25) is 0 Å². The van der Waals surface area contributed by atoms with Gasteiger partial charge in [-0.05, 0) is 19.4 Å². The minimum Gasteiger partial charge on any atom is -0.343 e. The molecule has 0 saturated heterocycles. The number of ketones is 1. The number of aromatic nitrogens is 1. The molecule has 0 radical (unpaired) electrons. The fraction of sp³-hybridized carbons (Fsp3) is 0.267. The van der Waals surface area contributed by atoms with Gasteiger partial charge in [0.2, 0.25) is 0 Å². The molecule has 0 bridgehead atoms. The first kappa shape index (κ1) is 10.3. The Kier molecular flexibility index (Phi) is 2.18. The Morgan fingerprint density at radius 2 is 2.12 bits per heavy atom. The van der Waals surface area contributed by atoms with E-state index in [4.69, 9.17) is 0 Å². The normalized spacial score (nSPS) is 15.0. The van der Waals surface area contributed by atoms with Crippen LogP contribution in [0.5, 0.6) is 0 Å². The lowest BCUT2D eigenvalue weighted by Gasteiger charge is -2.19. The highest BCUT2D eigenvalue weighted by atomic mass is 16.1. The molecule has 17 heavy (non-hydrogen) atoms. The molecule has 0 aliphatic carbocycles. The van der Waals surface area contributed by atoms with Crippen LogP contribution in [-0.4, -0.2) is 10.4 Å². The molecule has 2 heterocycles. The number of hydrogen-bond acceptors (Lipinski definition) is 1. The molecule has 1 aromatic carbocycles. The van der Waals surface area contributed by atoms with E-state index in [2.05, 4.69) is 17.2 Å². The van der Waals surface area contributed by atoms with Crippen molar-refractivity contribution in [2.45, 2.75) is 26.3 Å². The van der Waals surface area contributed by atoms with Gasteiger partial charge in [-0.2, -0.15) is 0 Å². The molecule has 2 aromatic rings. The molecule has 0 saturated carbocycles. The molecule has 0 unspecified atom stereocenters. The van der Waals surface area contributed by atoms with E-state index < -0.39 is 0 Å². The number of carbonyl (C=O) groups excluding carboxylic acids is 1. The highest BCUT2D eigenvalue weighted by molar-refractivity contribution is 6.08. The number of allylic oxidation sites excluding steroid dienone is 1. The van der Waals surface area contributed by atoms with E-state index in [0.717, 1.165) is 36.0 Å². The molecule has 1 aromatic heterocycles. The molecular formula is C15H15NO. The summed E-state index contributed by atoms with van der Waals surface area (Å²) in [5.41, 5.74) is 4.44. The van der Waals surface area contributed by atoms with Crippen LogP contribution in [0.4, 0.5) is 0 Å². The molecule has 1 aliphatic rings. The second kappa shape index (κ2) is 3.59. The first-order chi connectivity index (χ1) is 8.18. The van der Waals surface area contributed by atoms with Crippen molar-refractivity contribution in [1.82, 2.24) is 4.57 Å². The Morgan fingerprint density at radius 1 is 1.35 bits per heavy atom. The zero-order chi connectivity index (χ0) is 12.0. The smallest absolute Gasteiger partial charge is 0.162 e. The zero-order valence-electron chi connectivity index (χ0n) is 9.99. The van der Waals surface area contributed by atoms with Crippen LogP contribution >= 0.6 is 0 Å². The second-order valence-corrected chi connectivity index (χ2v) is 4.72. The van der Waals surface area contributed by atoms with Gasteiger partial charge in [-0.3, -0.25) is 4.79 Å². The van der Waals surface area contributed by atoms with Crippen LogP contribution < -0.4 is 0 Å². The summed E-state index contributed by atoms with van der Waals surface area (Å²) in [6.07, 6.45) is 1.85. The molecule has 2 nitrogen and oxygen atoms in total. The molecule has 3 rings (SSSR count). The van der Waals surface area contributed by atoms with E-state index in [1.807, 2.05) is 18.2 Å². The van der Waals surface area contributed by atoms with Crippen molar-refractivity contribution in [2.75, 3.05) is 0 Å². The maximum absolute atomic E-state index is 11.9. The third-order valence-corrected chi connectivity index (χ3v) is 3.54. The Morgan fingerprint density at radius 3 is 2.88 bits per heavy atom. The number of aryl methyl sites for hydroxylation is 1. The summed E-state index contributed by atoms with van der Waals surface area (Å²) >= 11 is 0. The van der Waals surface area contributed by atoms with E-state index >= 15 is 0 Å². The minimum atomic E-state index is 0.157. The Bertz CT molecular complexity index is 634. The van der Waals surface area contributed by atoms with Crippen LogP contribution in [0.1, 0.15) is 29.4 Å². The van der Waals surface area contributed by atoms with Crippen LogP contribution in [0.15, 0.2) is 36.4 Å². The lowest BCUT2D eigenvalue weighted by atomic mass is 10.00. The highest BCUT2D eigenvalue weighted by Gasteiger charge is 2.22. The van der Waals surface area contributed by atoms with Gasteiger partial charge >= 0.3 is 0 Å². The maximum atomic E-state index is 11.9. The maximum Gasteiger partial charge on any atom is 0.162 e. The highest BCUT2D eigenvalue weighted by Crippen LogP contribution is 2.32. The van der Waals surface area contributed by atoms with Gasteiger partial charge in [-0.25, -0.2) is 0 Å².